The molecule has 0 aromatic heterocycles. The molecule has 1 aliphatic heterocycles. The molecule has 1 saturated carbocycles. The number of nitrogens with one attached hydrogen (secondary N) is 1. The molecule has 5 heteroatoms. The first-order valence-corrected chi connectivity index (χ1v) is 7.99. The molecule has 0 spiro atoms. The Morgan fingerprint density at radius 1 is 1.33 bits per heavy atom. The molecular formula is C16H20ClFN2O. The van der Waals surface area contributed by atoms with Crippen molar-refractivity contribution in [1.29, 1.82) is 0 Å². The van der Waals surface area contributed by atoms with Crippen LogP contribution in [0, 0.1) is 11.7 Å². The van der Waals surface area contributed by atoms with Crippen molar-refractivity contribution in [3.8, 4) is 0 Å². The van der Waals surface area contributed by atoms with Crippen LogP contribution in [0.5, 0.6) is 0 Å². The topological polar surface area (TPSA) is 32.3 Å². The van der Waals surface area contributed by atoms with Gasteiger partial charge in [-0.1, -0.05) is 11.6 Å². The highest BCUT2D eigenvalue weighted by Crippen LogP contribution is 2.30. The van der Waals surface area contributed by atoms with E-state index in [2.05, 4.69) is 5.32 Å². The number of carbonyl (C=O) groups excluding carboxylic acids is 1. The van der Waals surface area contributed by atoms with Crippen molar-refractivity contribution < 1.29 is 9.18 Å². The van der Waals surface area contributed by atoms with Crippen molar-refractivity contribution >= 4 is 17.5 Å². The quantitative estimate of drug-likeness (QED) is 0.906. The monoisotopic (exact) mass is 310 g/mol. The Hall–Kier alpha value is -1.13. The van der Waals surface area contributed by atoms with Crippen LogP contribution in [0.15, 0.2) is 18.2 Å². The summed E-state index contributed by atoms with van der Waals surface area (Å²) in [4.78, 5) is 14.5. The van der Waals surface area contributed by atoms with Crippen LogP contribution in [0.1, 0.15) is 36.0 Å². The molecule has 0 bridgehead atoms. The lowest BCUT2D eigenvalue weighted by Crippen LogP contribution is -2.42. The Kier molecular flexibility index (Phi) is 4.45. The minimum Gasteiger partial charge on any atom is -0.337 e. The van der Waals surface area contributed by atoms with Gasteiger partial charge >= 0.3 is 0 Å². The van der Waals surface area contributed by atoms with E-state index >= 15 is 0 Å². The van der Waals surface area contributed by atoms with E-state index in [1.165, 1.54) is 31.0 Å². The van der Waals surface area contributed by atoms with Crippen molar-refractivity contribution in [1.82, 2.24) is 10.2 Å². The number of hydrogen-bond donors (Lipinski definition) is 1. The number of nitrogens with zero attached hydrogens (tertiary/aromatic N) is 1. The molecule has 1 saturated heterocycles. The molecule has 1 aliphatic carbocycles. The standard InChI is InChI=1S/C16H20ClFN2O/c17-12-5-6-15(18)14(8-12)16(21)20(9-11-3-4-11)10-13-2-1-7-19-13/h5-6,8,11,13,19H,1-4,7,9-10H2. The van der Waals surface area contributed by atoms with Gasteiger partial charge in [0.1, 0.15) is 5.82 Å². The predicted molar refractivity (Wildman–Crippen MR) is 81.1 cm³/mol. The van der Waals surface area contributed by atoms with E-state index in [1.54, 1.807) is 4.90 Å². The third kappa shape index (κ3) is 3.74. The Morgan fingerprint density at radius 3 is 2.81 bits per heavy atom. The normalized spacial score (nSPS) is 21.5. The summed E-state index contributed by atoms with van der Waals surface area (Å²) < 4.78 is 13.9. The zero-order chi connectivity index (χ0) is 14.8. The van der Waals surface area contributed by atoms with E-state index in [9.17, 15) is 9.18 Å². The van der Waals surface area contributed by atoms with Crippen LogP contribution in [0.4, 0.5) is 4.39 Å². The van der Waals surface area contributed by atoms with E-state index in [-0.39, 0.29) is 11.5 Å². The van der Waals surface area contributed by atoms with Crippen molar-refractivity contribution in [2.24, 2.45) is 5.92 Å². The summed E-state index contributed by atoms with van der Waals surface area (Å²) in [7, 11) is 0. The predicted octanol–water partition coefficient (Wildman–Crippen LogP) is 3.08. The number of carbonyl (C=O) groups is 1. The van der Waals surface area contributed by atoms with Gasteiger partial charge in [-0.15, -0.1) is 0 Å². The molecule has 3 nitrogen and oxygen atoms in total. The highest BCUT2D eigenvalue weighted by Gasteiger charge is 2.30. The Morgan fingerprint density at radius 2 is 2.14 bits per heavy atom. The first kappa shape index (κ1) is 14.8. The molecule has 1 heterocycles. The summed E-state index contributed by atoms with van der Waals surface area (Å²) in [5.74, 6) is -0.155. The lowest BCUT2D eigenvalue weighted by Gasteiger charge is -2.26. The van der Waals surface area contributed by atoms with E-state index in [4.69, 9.17) is 11.6 Å². The summed E-state index contributed by atoms with van der Waals surface area (Å²) in [5.41, 5.74) is 0.0844. The van der Waals surface area contributed by atoms with Gasteiger partial charge in [0.25, 0.3) is 5.91 Å². The molecule has 1 atom stereocenters. The molecular weight excluding hydrogens is 291 g/mol. The largest absolute Gasteiger partial charge is 0.337 e. The zero-order valence-corrected chi connectivity index (χ0v) is 12.7. The van der Waals surface area contributed by atoms with Crippen molar-refractivity contribution in [3.05, 3.63) is 34.6 Å². The molecule has 0 radical (unpaired) electrons. The van der Waals surface area contributed by atoms with Crippen LogP contribution < -0.4 is 5.32 Å². The summed E-state index contributed by atoms with van der Waals surface area (Å²) in [6.07, 6.45) is 4.55. The van der Waals surface area contributed by atoms with Crippen LogP contribution >= 0.6 is 11.6 Å². The maximum Gasteiger partial charge on any atom is 0.256 e. The molecule has 1 amide bonds. The number of amides is 1. The third-order valence-electron chi connectivity index (χ3n) is 4.22. The van der Waals surface area contributed by atoms with Gasteiger partial charge in [-0.25, -0.2) is 4.39 Å². The molecule has 1 aromatic carbocycles. The SMILES string of the molecule is O=C(c1cc(Cl)ccc1F)N(CC1CC1)CC1CCCN1. The fraction of sp³-hybridized carbons (Fsp3) is 0.562. The highest BCUT2D eigenvalue weighted by molar-refractivity contribution is 6.31. The van der Waals surface area contributed by atoms with Gasteiger partial charge in [-0.3, -0.25) is 4.79 Å². The van der Waals surface area contributed by atoms with Crippen LogP contribution in [-0.4, -0.2) is 36.5 Å². The second kappa shape index (κ2) is 6.32. The Bertz CT molecular complexity index is 527. The summed E-state index contributed by atoms with van der Waals surface area (Å²) in [6.45, 7) is 2.38. The number of benzene rings is 1. The molecule has 2 aliphatic rings. The average molecular weight is 311 g/mol. The summed E-state index contributed by atoms with van der Waals surface area (Å²) in [5, 5.41) is 3.79. The molecule has 21 heavy (non-hydrogen) atoms. The lowest BCUT2D eigenvalue weighted by atomic mass is 10.1. The van der Waals surface area contributed by atoms with Crippen molar-refractivity contribution in [2.75, 3.05) is 19.6 Å². The van der Waals surface area contributed by atoms with Crippen molar-refractivity contribution in [2.45, 2.75) is 31.7 Å². The van der Waals surface area contributed by atoms with Gasteiger partial charge in [-0.05, 0) is 56.3 Å². The first-order valence-electron chi connectivity index (χ1n) is 7.61. The van der Waals surface area contributed by atoms with E-state index < -0.39 is 5.82 Å². The van der Waals surface area contributed by atoms with Gasteiger partial charge in [0.15, 0.2) is 0 Å². The fourth-order valence-corrected chi connectivity index (χ4v) is 3.03. The third-order valence-corrected chi connectivity index (χ3v) is 4.46. The van der Waals surface area contributed by atoms with Crippen molar-refractivity contribution in [3.63, 3.8) is 0 Å². The van der Waals surface area contributed by atoms with Crippen LogP contribution in [-0.2, 0) is 0 Å². The Labute approximate surface area is 129 Å². The second-order valence-corrected chi connectivity index (χ2v) is 6.51. The van der Waals surface area contributed by atoms with Gasteiger partial charge in [0, 0.05) is 24.2 Å². The highest BCUT2D eigenvalue weighted by atomic mass is 35.5. The molecule has 1 unspecified atom stereocenters. The van der Waals surface area contributed by atoms with E-state index in [0.29, 0.717) is 23.5 Å². The van der Waals surface area contributed by atoms with Gasteiger partial charge in [-0.2, -0.15) is 0 Å². The van der Waals surface area contributed by atoms with Gasteiger partial charge in [0.2, 0.25) is 0 Å². The minimum atomic E-state index is -0.496. The average Bonchev–Trinajstić information content (AvgIpc) is 3.13. The fourth-order valence-electron chi connectivity index (χ4n) is 2.86. The molecule has 114 valence electrons. The molecule has 1 aromatic rings. The maximum atomic E-state index is 13.9. The summed E-state index contributed by atoms with van der Waals surface area (Å²) in [6, 6.07) is 4.49. The first-order chi connectivity index (χ1) is 10.1. The van der Waals surface area contributed by atoms with E-state index in [1.807, 2.05) is 0 Å². The maximum absolute atomic E-state index is 13.9. The van der Waals surface area contributed by atoms with Crippen LogP contribution in [0.3, 0.4) is 0 Å². The van der Waals surface area contributed by atoms with Crippen LogP contribution in [0.2, 0.25) is 5.02 Å². The van der Waals surface area contributed by atoms with Gasteiger partial charge in [0.05, 0.1) is 5.56 Å². The smallest absolute Gasteiger partial charge is 0.256 e. The number of hydrogen-bond acceptors (Lipinski definition) is 2. The Balaban J connectivity index is 1.76. The second-order valence-electron chi connectivity index (χ2n) is 6.07. The van der Waals surface area contributed by atoms with Crippen LogP contribution in [0.25, 0.3) is 0 Å². The number of halogens is 2. The lowest BCUT2D eigenvalue weighted by molar-refractivity contribution is 0.0729. The zero-order valence-electron chi connectivity index (χ0n) is 11.9. The summed E-state index contributed by atoms with van der Waals surface area (Å²) >= 11 is 5.90. The molecule has 3 rings (SSSR count). The molecule has 2 fully saturated rings. The van der Waals surface area contributed by atoms with Gasteiger partial charge < -0.3 is 10.2 Å². The number of rotatable bonds is 5. The molecule has 1 N–H and O–H groups in total. The van der Waals surface area contributed by atoms with E-state index in [0.717, 1.165) is 25.9 Å². The minimum absolute atomic E-state index is 0.0844.